The first-order valence-corrected chi connectivity index (χ1v) is 14.2. The van der Waals surface area contributed by atoms with E-state index in [-0.39, 0.29) is 5.75 Å². The van der Waals surface area contributed by atoms with E-state index in [1.807, 2.05) is 42.5 Å². The summed E-state index contributed by atoms with van der Waals surface area (Å²) in [4.78, 5) is 29.2. The largest absolute Gasteiger partial charge is 0.421 e. The number of esters is 1. The van der Waals surface area contributed by atoms with Crippen LogP contribution in [0.5, 0.6) is 5.75 Å². The van der Waals surface area contributed by atoms with E-state index in [1.54, 1.807) is 42.5 Å². The number of carbonyl (C=O) groups excluding carboxylic acids is 2. The van der Waals surface area contributed by atoms with Crippen molar-refractivity contribution in [1.29, 1.82) is 0 Å². The zero-order valence-electron chi connectivity index (χ0n) is 19.8. The van der Waals surface area contributed by atoms with Gasteiger partial charge in [0.15, 0.2) is 5.75 Å². The van der Waals surface area contributed by atoms with E-state index in [0.717, 1.165) is 19.8 Å². The maximum Gasteiger partial charge on any atom is 0.343 e. The number of carbonyl (C=O) groups is 2. The van der Waals surface area contributed by atoms with Crippen molar-refractivity contribution in [2.45, 2.75) is 0 Å². The molecule has 5 aromatic rings. The maximum atomic E-state index is 13.4. The molecule has 0 radical (unpaired) electrons. The van der Waals surface area contributed by atoms with Gasteiger partial charge in [0.1, 0.15) is 5.69 Å². The van der Waals surface area contributed by atoms with Crippen LogP contribution in [0.25, 0.3) is 22.0 Å². The molecule has 0 saturated carbocycles. The van der Waals surface area contributed by atoms with Gasteiger partial charge in [0.25, 0.3) is 5.91 Å². The van der Waals surface area contributed by atoms with E-state index in [4.69, 9.17) is 16.3 Å². The molecule has 39 heavy (non-hydrogen) atoms. The Morgan fingerprint density at radius 1 is 0.897 bits per heavy atom. The van der Waals surface area contributed by atoms with Crippen LogP contribution in [-0.4, -0.2) is 23.1 Å². The number of H-pyrrole nitrogens is 1. The van der Waals surface area contributed by atoms with Crippen LogP contribution in [0.2, 0.25) is 5.02 Å². The number of ether oxygens (including phenoxy) is 1. The third kappa shape index (κ3) is 6.01. The second-order valence-electron chi connectivity index (χ2n) is 8.31. The van der Waals surface area contributed by atoms with E-state index in [9.17, 15) is 9.59 Å². The molecule has 10 heteroatoms. The van der Waals surface area contributed by atoms with Crippen LogP contribution < -0.4 is 10.2 Å². The molecule has 0 atom stereocenters. The van der Waals surface area contributed by atoms with E-state index in [1.165, 1.54) is 6.21 Å². The summed E-state index contributed by atoms with van der Waals surface area (Å²) >= 11 is 16.9. The number of hydrogen-bond acceptors (Lipinski definition) is 4. The number of aromatic amines is 1. The molecule has 6 nitrogen and oxygen atoms in total. The van der Waals surface area contributed by atoms with Crippen molar-refractivity contribution in [2.75, 3.05) is 0 Å². The Kier molecular flexibility index (Phi) is 8.32. The quantitative estimate of drug-likeness (QED) is 0.0794. The van der Waals surface area contributed by atoms with Crippen LogP contribution in [0.1, 0.15) is 26.4 Å². The van der Waals surface area contributed by atoms with Gasteiger partial charge in [-0.3, -0.25) is 4.79 Å². The molecule has 1 amide bonds. The third-order valence-electron chi connectivity index (χ3n) is 5.74. The van der Waals surface area contributed by atoms with Gasteiger partial charge in [-0.05, 0) is 64.5 Å². The highest BCUT2D eigenvalue weighted by molar-refractivity contribution is 9.11. The smallest absolute Gasteiger partial charge is 0.343 e. The average molecular weight is 731 g/mol. The van der Waals surface area contributed by atoms with E-state index >= 15 is 0 Å². The van der Waals surface area contributed by atoms with Gasteiger partial charge in [0.05, 0.1) is 16.3 Å². The molecule has 4 aromatic carbocycles. The van der Waals surface area contributed by atoms with Gasteiger partial charge in [-0.15, -0.1) is 0 Å². The lowest BCUT2D eigenvalue weighted by Gasteiger charge is -2.10. The number of hydrogen-bond donors (Lipinski definition) is 2. The van der Waals surface area contributed by atoms with Gasteiger partial charge in [0, 0.05) is 41.6 Å². The highest BCUT2D eigenvalue weighted by atomic mass is 79.9. The van der Waals surface area contributed by atoms with Crippen LogP contribution in [-0.2, 0) is 0 Å². The molecule has 5 rings (SSSR count). The minimum Gasteiger partial charge on any atom is -0.421 e. The monoisotopic (exact) mass is 727 g/mol. The third-order valence-corrected chi connectivity index (χ3v) is 7.61. The lowest BCUT2D eigenvalue weighted by molar-refractivity contribution is 0.0733. The molecule has 0 aliphatic rings. The fraction of sp³-hybridized carbons (Fsp3) is 0. The van der Waals surface area contributed by atoms with E-state index < -0.39 is 11.9 Å². The summed E-state index contributed by atoms with van der Waals surface area (Å²) in [7, 11) is 0. The van der Waals surface area contributed by atoms with Gasteiger partial charge >= 0.3 is 5.97 Å². The molecule has 194 valence electrons. The molecule has 0 bridgehead atoms. The van der Waals surface area contributed by atoms with Crippen molar-refractivity contribution < 1.29 is 14.3 Å². The van der Waals surface area contributed by atoms with Crippen molar-refractivity contribution in [3.8, 4) is 16.9 Å². The molecule has 0 fully saturated rings. The summed E-state index contributed by atoms with van der Waals surface area (Å²) < 4.78 is 7.79. The number of benzene rings is 4. The number of nitrogens with zero attached hydrogens (tertiary/aromatic N) is 1. The predicted octanol–water partition coefficient (Wildman–Crippen LogP) is 8.76. The van der Waals surface area contributed by atoms with Crippen LogP contribution in [0.3, 0.4) is 0 Å². The van der Waals surface area contributed by atoms with E-state index in [2.05, 4.69) is 63.3 Å². The Bertz CT molecular complexity index is 1750. The Morgan fingerprint density at radius 2 is 1.64 bits per heavy atom. The first-order valence-electron chi connectivity index (χ1n) is 11.5. The SMILES string of the molecule is O=C(Oc1c(Br)cc(Br)cc1C=NNC(=O)c1[nH]c2ccc(Br)cc2c1-c1ccccc1Cl)c1ccccc1. The van der Waals surface area contributed by atoms with Crippen molar-refractivity contribution in [3.05, 3.63) is 120 Å². The van der Waals surface area contributed by atoms with Crippen LogP contribution in [0, 0.1) is 0 Å². The van der Waals surface area contributed by atoms with Crippen molar-refractivity contribution >= 4 is 88.4 Å². The van der Waals surface area contributed by atoms with Gasteiger partial charge in [0.2, 0.25) is 0 Å². The lowest BCUT2D eigenvalue weighted by Crippen LogP contribution is -2.19. The summed E-state index contributed by atoms with van der Waals surface area (Å²) in [6.07, 6.45) is 1.41. The standard InChI is InChI=1S/C29H17Br3ClN3O3/c30-18-10-11-24-21(13-18)25(20-8-4-5-9-23(20)33)26(35-24)28(37)36-34-15-17-12-19(31)14-22(32)27(17)39-29(38)16-6-2-1-3-7-16/h1-15,35H,(H,36,37). The highest BCUT2D eigenvalue weighted by Crippen LogP contribution is 2.38. The van der Waals surface area contributed by atoms with Gasteiger partial charge in [-0.2, -0.15) is 5.10 Å². The van der Waals surface area contributed by atoms with Crippen LogP contribution in [0.4, 0.5) is 0 Å². The van der Waals surface area contributed by atoms with E-state index in [0.29, 0.717) is 37.4 Å². The number of fused-ring (bicyclic) bond motifs is 1. The number of amides is 1. The predicted molar refractivity (Wildman–Crippen MR) is 165 cm³/mol. The number of halogens is 4. The molecule has 2 N–H and O–H groups in total. The zero-order chi connectivity index (χ0) is 27.5. The van der Waals surface area contributed by atoms with Gasteiger partial charge < -0.3 is 9.72 Å². The fourth-order valence-electron chi connectivity index (χ4n) is 4.00. The second kappa shape index (κ2) is 11.9. The number of hydrazone groups is 1. The molecular formula is C29H17Br3ClN3O3. The lowest BCUT2D eigenvalue weighted by atomic mass is 10.0. The number of rotatable bonds is 6. The molecule has 0 aliphatic carbocycles. The molecule has 0 saturated heterocycles. The normalized spacial score (nSPS) is 11.2. The van der Waals surface area contributed by atoms with Gasteiger partial charge in [-0.25, -0.2) is 10.2 Å². The molecule has 1 heterocycles. The average Bonchev–Trinajstić information content (AvgIpc) is 3.29. The summed E-state index contributed by atoms with van der Waals surface area (Å²) in [5.74, 6) is -0.728. The summed E-state index contributed by atoms with van der Waals surface area (Å²) in [5.41, 5.74) is 5.89. The van der Waals surface area contributed by atoms with Crippen LogP contribution in [0.15, 0.2) is 103 Å². The molecule has 0 spiro atoms. The molecular weight excluding hydrogens is 714 g/mol. The summed E-state index contributed by atoms with van der Waals surface area (Å²) in [6, 6.07) is 25.2. The van der Waals surface area contributed by atoms with Crippen molar-refractivity contribution in [3.63, 3.8) is 0 Å². The number of nitrogens with one attached hydrogen (secondary N) is 2. The second-order valence-corrected chi connectivity index (χ2v) is 11.4. The highest BCUT2D eigenvalue weighted by Gasteiger charge is 2.21. The van der Waals surface area contributed by atoms with Gasteiger partial charge in [-0.1, -0.05) is 79.9 Å². The zero-order valence-corrected chi connectivity index (χ0v) is 25.4. The summed E-state index contributed by atoms with van der Waals surface area (Å²) in [6.45, 7) is 0. The Morgan fingerprint density at radius 3 is 2.41 bits per heavy atom. The Balaban J connectivity index is 1.46. The fourth-order valence-corrected chi connectivity index (χ4v) is 5.93. The van der Waals surface area contributed by atoms with Crippen molar-refractivity contribution in [1.82, 2.24) is 10.4 Å². The Labute approximate surface area is 253 Å². The maximum absolute atomic E-state index is 13.4. The molecule has 0 unspecified atom stereocenters. The molecule has 0 aliphatic heterocycles. The van der Waals surface area contributed by atoms with Crippen LogP contribution >= 0.6 is 59.4 Å². The minimum atomic E-state index is -0.522. The van der Waals surface area contributed by atoms with Crippen molar-refractivity contribution in [2.24, 2.45) is 5.10 Å². The minimum absolute atomic E-state index is 0.261. The Hall–Kier alpha value is -3.24. The summed E-state index contributed by atoms with van der Waals surface area (Å²) in [5, 5.41) is 5.51. The first-order chi connectivity index (χ1) is 18.8. The first kappa shape index (κ1) is 27.3. The topological polar surface area (TPSA) is 83.5 Å². The molecule has 1 aromatic heterocycles. The number of aromatic nitrogens is 1.